The number of pyridine rings is 1. The Morgan fingerprint density at radius 2 is 1.95 bits per heavy atom. The third kappa shape index (κ3) is 2.16. The lowest BCUT2D eigenvalue weighted by molar-refractivity contribution is 0.0572. The van der Waals surface area contributed by atoms with Gasteiger partial charge in [-0.1, -0.05) is 0 Å². The van der Waals surface area contributed by atoms with Crippen LogP contribution in [0.15, 0.2) is 28.9 Å². The van der Waals surface area contributed by atoms with E-state index in [1.807, 2.05) is 23.1 Å². The molecule has 2 heterocycles. The molecule has 19 heavy (non-hydrogen) atoms. The summed E-state index contributed by atoms with van der Waals surface area (Å²) in [6.45, 7) is 0.801. The number of nitrogens with zero attached hydrogens (tertiary/aromatic N) is 2. The molecule has 0 radical (unpaired) electrons. The fraction of sp³-hybridized carbons (Fsp3) is 0.308. The molecule has 1 aromatic carbocycles. The van der Waals surface area contributed by atoms with Gasteiger partial charge in [0.2, 0.25) is 0 Å². The van der Waals surface area contributed by atoms with Crippen LogP contribution >= 0.6 is 15.9 Å². The van der Waals surface area contributed by atoms with Crippen molar-refractivity contribution in [2.75, 3.05) is 23.7 Å². The summed E-state index contributed by atoms with van der Waals surface area (Å²) in [5.41, 5.74) is 8.29. The summed E-state index contributed by atoms with van der Waals surface area (Å²) < 4.78 is 0.866. The van der Waals surface area contributed by atoms with Gasteiger partial charge in [-0.05, 0) is 34.1 Å². The molecule has 100 valence electrons. The average molecular weight is 324 g/mol. The molecule has 0 saturated carbocycles. The number of nitrogens with two attached hydrogens (primary N) is 1. The number of fused-ring (bicyclic) bond motifs is 1. The van der Waals surface area contributed by atoms with Crippen LogP contribution in [0.4, 0.5) is 11.4 Å². The second kappa shape index (κ2) is 4.63. The number of aromatic nitrogens is 1. The smallest absolute Gasteiger partial charge is 0.0990 e. The van der Waals surface area contributed by atoms with Crippen LogP contribution in [0.5, 0.6) is 0 Å². The number of halogens is 1. The van der Waals surface area contributed by atoms with Crippen molar-refractivity contribution in [3.05, 3.63) is 28.9 Å². The van der Waals surface area contributed by atoms with E-state index in [1.165, 1.54) is 0 Å². The van der Waals surface area contributed by atoms with Crippen molar-refractivity contribution in [2.24, 2.45) is 0 Å². The molecule has 0 bridgehead atoms. The van der Waals surface area contributed by atoms with Crippen LogP contribution < -0.4 is 10.6 Å². The molecule has 0 amide bonds. The minimum Gasteiger partial charge on any atom is -0.398 e. The SMILES string of the molecule is Nc1ccc(N2CC(O)C(O)C2)c2ncc(Br)cc12. The monoisotopic (exact) mass is 323 g/mol. The molecule has 0 aliphatic carbocycles. The van der Waals surface area contributed by atoms with E-state index in [4.69, 9.17) is 5.73 Å². The molecule has 1 aliphatic heterocycles. The van der Waals surface area contributed by atoms with Crippen molar-refractivity contribution in [1.82, 2.24) is 4.98 Å². The zero-order valence-electron chi connectivity index (χ0n) is 10.1. The molecule has 1 fully saturated rings. The first-order valence-electron chi connectivity index (χ1n) is 6.01. The van der Waals surface area contributed by atoms with Crippen LogP contribution in [0.25, 0.3) is 10.9 Å². The van der Waals surface area contributed by atoms with Gasteiger partial charge in [-0.25, -0.2) is 0 Å². The normalized spacial score (nSPS) is 23.2. The first-order chi connectivity index (χ1) is 9.06. The Kier molecular flexibility index (Phi) is 3.08. The molecule has 0 spiro atoms. The first kappa shape index (κ1) is 12.7. The number of benzene rings is 1. The number of anilines is 2. The average Bonchev–Trinajstić information content (AvgIpc) is 2.70. The van der Waals surface area contributed by atoms with E-state index in [2.05, 4.69) is 20.9 Å². The summed E-state index contributed by atoms with van der Waals surface area (Å²) in [4.78, 5) is 6.33. The maximum Gasteiger partial charge on any atom is 0.0990 e. The molecular formula is C13H14BrN3O2. The van der Waals surface area contributed by atoms with E-state index in [1.54, 1.807) is 6.20 Å². The van der Waals surface area contributed by atoms with Gasteiger partial charge >= 0.3 is 0 Å². The zero-order chi connectivity index (χ0) is 13.6. The minimum absolute atomic E-state index is 0.401. The molecule has 6 heteroatoms. The highest BCUT2D eigenvalue weighted by molar-refractivity contribution is 9.10. The van der Waals surface area contributed by atoms with Crippen molar-refractivity contribution in [3.63, 3.8) is 0 Å². The third-order valence-electron chi connectivity index (χ3n) is 3.43. The number of β-amino-alcohol motifs (C(OH)–C–C–N with tert-alkyl or cyclic N) is 2. The van der Waals surface area contributed by atoms with Gasteiger partial charge in [0.05, 0.1) is 23.4 Å². The lowest BCUT2D eigenvalue weighted by Gasteiger charge is -2.20. The number of rotatable bonds is 1. The van der Waals surface area contributed by atoms with Crippen molar-refractivity contribution in [1.29, 1.82) is 0 Å². The largest absolute Gasteiger partial charge is 0.398 e. The topological polar surface area (TPSA) is 82.6 Å². The number of hydrogen-bond donors (Lipinski definition) is 3. The minimum atomic E-state index is -0.719. The Balaban J connectivity index is 2.12. The number of aliphatic hydroxyl groups excluding tert-OH is 2. The van der Waals surface area contributed by atoms with Crippen molar-refractivity contribution in [3.8, 4) is 0 Å². The van der Waals surface area contributed by atoms with E-state index in [9.17, 15) is 10.2 Å². The van der Waals surface area contributed by atoms with Gasteiger partial charge in [0, 0.05) is 34.8 Å². The fourth-order valence-electron chi connectivity index (χ4n) is 2.42. The van der Waals surface area contributed by atoms with E-state index in [0.717, 1.165) is 21.1 Å². The van der Waals surface area contributed by atoms with Gasteiger partial charge in [0.15, 0.2) is 0 Å². The Labute approximate surface area is 118 Å². The van der Waals surface area contributed by atoms with E-state index in [-0.39, 0.29) is 0 Å². The number of aliphatic hydroxyl groups is 2. The standard InChI is InChI=1S/C13H14BrN3O2/c14-7-3-8-9(15)1-2-10(13(8)16-4-7)17-5-11(18)12(19)6-17/h1-4,11-12,18-19H,5-6,15H2. The molecule has 2 atom stereocenters. The van der Waals surface area contributed by atoms with E-state index >= 15 is 0 Å². The van der Waals surface area contributed by atoms with Gasteiger partial charge < -0.3 is 20.8 Å². The fourth-order valence-corrected chi connectivity index (χ4v) is 2.75. The highest BCUT2D eigenvalue weighted by Gasteiger charge is 2.30. The number of nitrogen functional groups attached to an aromatic ring is 1. The summed E-state index contributed by atoms with van der Waals surface area (Å²) in [6.07, 6.45) is 0.278. The predicted octanol–water partition coefficient (Wildman–Crippen LogP) is 1.12. The third-order valence-corrected chi connectivity index (χ3v) is 3.86. The summed E-state index contributed by atoms with van der Waals surface area (Å²) in [7, 11) is 0. The molecule has 2 aromatic rings. The van der Waals surface area contributed by atoms with Gasteiger partial charge in [0.1, 0.15) is 0 Å². The van der Waals surface area contributed by atoms with E-state index < -0.39 is 12.2 Å². The van der Waals surface area contributed by atoms with Crippen molar-refractivity contribution < 1.29 is 10.2 Å². The second-order valence-corrected chi connectivity index (χ2v) is 5.68. The Morgan fingerprint density at radius 3 is 2.63 bits per heavy atom. The van der Waals surface area contributed by atoms with Crippen molar-refractivity contribution in [2.45, 2.75) is 12.2 Å². The summed E-state index contributed by atoms with van der Waals surface area (Å²) >= 11 is 3.38. The van der Waals surface area contributed by atoms with Crippen LogP contribution in [0, 0.1) is 0 Å². The zero-order valence-corrected chi connectivity index (χ0v) is 11.7. The van der Waals surface area contributed by atoms with Crippen LogP contribution in [-0.4, -0.2) is 40.5 Å². The second-order valence-electron chi connectivity index (χ2n) is 4.76. The molecule has 1 aliphatic rings. The van der Waals surface area contributed by atoms with Crippen LogP contribution in [0.2, 0.25) is 0 Å². The summed E-state index contributed by atoms with van der Waals surface area (Å²) in [6, 6.07) is 5.62. The van der Waals surface area contributed by atoms with Gasteiger partial charge in [-0.2, -0.15) is 0 Å². The Bertz CT molecular complexity index is 625. The highest BCUT2D eigenvalue weighted by atomic mass is 79.9. The maximum absolute atomic E-state index is 9.66. The van der Waals surface area contributed by atoms with Crippen molar-refractivity contribution >= 4 is 38.2 Å². The van der Waals surface area contributed by atoms with Gasteiger partial charge in [-0.3, -0.25) is 4.98 Å². The molecule has 1 saturated heterocycles. The molecule has 3 rings (SSSR count). The number of hydrogen-bond acceptors (Lipinski definition) is 5. The first-order valence-corrected chi connectivity index (χ1v) is 6.80. The summed E-state index contributed by atoms with van der Waals surface area (Å²) in [5, 5.41) is 20.2. The Morgan fingerprint density at radius 1 is 1.26 bits per heavy atom. The van der Waals surface area contributed by atoms with Crippen LogP contribution in [-0.2, 0) is 0 Å². The van der Waals surface area contributed by atoms with Gasteiger partial charge in [-0.15, -0.1) is 0 Å². The molecule has 4 N–H and O–H groups in total. The molecular weight excluding hydrogens is 310 g/mol. The van der Waals surface area contributed by atoms with Crippen LogP contribution in [0.1, 0.15) is 0 Å². The summed E-state index contributed by atoms with van der Waals surface area (Å²) in [5.74, 6) is 0. The molecule has 5 nitrogen and oxygen atoms in total. The van der Waals surface area contributed by atoms with Gasteiger partial charge in [0.25, 0.3) is 0 Å². The Hall–Kier alpha value is -1.37. The quantitative estimate of drug-likeness (QED) is 0.685. The molecule has 1 aromatic heterocycles. The lowest BCUT2D eigenvalue weighted by Crippen LogP contribution is -2.22. The maximum atomic E-state index is 9.66. The molecule has 2 unspecified atom stereocenters. The predicted molar refractivity (Wildman–Crippen MR) is 78.1 cm³/mol. The van der Waals surface area contributed by atoms with Crippen LogP contribution in [0.3, 0.4) is 0 Å². The van der Waals surface area contributed by atoms with E-state index in [0.29, 0.717) is 18.8 Å². The lowest BCUT2D eigenvalue weighted by atomic mass is 10.1. The highest BCUT2D eigenvalue weighted by Crippen LogP contribution is 2.32.